The average Bonchev–Trinajstić information content (AvgIpc) is 2.53. The number of nitrogens with zero attached hydrogens (tertiary/aromatic N) is 2. The summed E-state index contributed by atoms with van der Waals surface area (Å²) in [5, 5.41) is 12.1. The minimum absolute atomic E-state index is 0. The second kappa shape index (κ2) is 6.75. The summed E-state index contributed by atoms with van der Waals surface area (Å²) in [5.41, 5.74) is 3.91. The molecule has 0 aliphatic heterocycles. The second-order valence-electron chi connectivity index (χ2n) is 5.61. The number of fused-ring (bicyclic) bond motifs is 1. The summed E-state index contributed by atoms with van der Waals surface area (Å²) in [4.78, 5) is 15.1. The molecule has 1 heterocycles. The lowest BCUT2D eigenvalue weighted by Gasteiger charge is -2.12. The predicted octanol–water partition coefficient (Wildman–Crippen LogP) is 5.36. The van der Waals surface area contributed by atoms with Gasteiger partial charge in [0.15, 0.2) is 0 Å². The molecule has 118 valence electrons. The predicted molar refractivity (Wildman–Crippen MR) is 95.2 cm³/mol. The summed E-state index contributed by atoms with van der Waals surface area (Å²) in [7, 11) is 0. The first-order valence-electron chi connectivity index (χ1n) is 7.20. The van der Waals surface area contributed by atoms with Crippen LogP contribution in [0, 0.1) is 10.1 Å². The van der Waals surface area contributed by atoms with Crippen molar-refractivity contribution in [2.45, 2.75) is 19.8 Å². The van der Waals surface area contributed by atoms with Gasteiger partial charge < -0.3 is 0 Å². The molecule has 3 aromatic rings. The van der Waals surface area contributed by atoms with Gasteiger partial charge in [0, 0.05) is 29.3 Å². The molecule has 2 aromatic carbocycles. The maximum Gasteiger partial charge on any atom is 0.270 e. The van der Waals surface area contributed by atoms with Crippen LogP contribution in [0.4, 0.5) is 5.69 Å². The summed E-state index contributed by atoms with van der Waals surface area (Å²) in [5.74, 6) is 0.377. The highest BCUT2D eigenvalue weighted by molar-refractivity contribution is 5.94. The molecule has 0 fully saturated rings. The molecule has 0 N–H and O–H groups in total. The van der Waals surface area contributed by atoms with Gasteiger partial charge in [-0.3, -0.25) is 15.1 Å². The molecule has 4 nitrogen and oxygen atoms in total. The lowest BCUT2D eigenvalue weighted by molar-refractivity contribution is -0.384. The first-order valence-corrected chi connectivity index (χ1v) is 7.20. The van der Waals surface area contributed by atoms with Crippen LogP contribution < -0.4 is 0 Å². The molecule has 0 spiro atoms. The highest BCUT2D eigenvalue weighted by atomic mass is 35.5. The van der Waals surface area contributed by atoms with Crippen molar-refractivity contribution in [3.63, 3.8) is 0 Å². The lowest BCUT2D eigenvalue weighted by atomic mass is 9.94. The van der Waals surface area contributed by atoms with Gasteiger partial charge >= 0.3 is 0 Å². The van der Waals surface area contributed by atoms with E-state index in [0.29, 0.717) is 5.92 Å². The number of halogens is 1. The number of benzene rings is 2. The second-order valence-corrected chi connectivity index (χ2v) is 5.61. The van der Waals surface area contributed by atoms with Gasteiger partial charge in [0.2, 0.25) is 0 Å². The lowest BCUT2D eigenvalue weighted by Crippen LogP contribution is -1.93. The Morgan fingerprint density at radius 2 is 1.87 bits per heavy atom. The third kappa shape index (κ3) is 3.32. The van der Waals surface area contributed by atoms with E-state index >= 15 is 0 Å². The fourth-order valence-corrected chi connectivity index (χ4v) is 2.56. The molecule has 3 rings (SSSR count). The molecular weight excluding hydrogens is 312 g/mol. The van der Waals surface area contributed by atoms with Crippen molar-refractivity contribution in [3.8, 4) is 11.1 Å². The smallest absolute Gasteiger partial charge is 0.258 e. The Kier molecular flexibility index (Phi) is 4.96. The zero-order valence-electron chi connectivity index (χ0n) is 12.9. The zero-order valence-corrected chi connectivity index (χ0v) is 13.7. The van der Waals surface area contributed by atoms with E-state index in [1.165, 1.54) is 11.6 Å². The Bertz CT molecular complexity index is 863. The molecule has 0 saturated carbocycles. The number of non-ortho nitro benzene ring substituents is 1. The van der Waals surface area contributed by atoms with Crippen molar-refractivity contribution < 1.29 is 4.92 Å². The molecule has 0 bridgehead atoms. The third-order valence-electron chi connectivity index (χ3n) is 3.76. The standard InChI is InChI=1S/C18H16N2O2.ClH/c1-12(2)15-9-14-6-4-8-19-18(14)17(11-15)13-5-3-7-16(10-13)20(21)22;/h3-12H,1-2H3;1H. The molecule has 0 aliphatic carbocycles. The van der Waals surface area contributed by atoms with Crippen molar-refractivity contribution >= 4 is 29.0 Å². The number of aromatic nitrogens is 1. The van der Waals surface area contributed by atoms with E-state index in [1.807, 2.05) is 18.2 Å². The van der Waals surface area contributed by atoms with Gasteiger partial charge in [-0.05, 0) is 35.2 Å². The first-order chi connectivity index (χ1) is 10.6. The van der Waals surface area contributed by atoms with E-state index in [4.69, 9.17) is 0 Å². The molecule has 0 atom stereocenters. The summed E-state index contributed by atoms with van der Waals surface area (Å²) < 4.78 is 0. The number of hydrogen-bond acceptors (Lipinski definition) is 3. The van der Waals surface area contributed by atoms with Crippen molar-refractivity contribution in [2.24, 2.45) is 0 Å². The van der Waals surface area contributed by atoms with E-state index in [1.54, 1.807) is 18.3 Å². The summed E-state index contributed by atoms with van der Waals surface area (Å²) >= 11 is 0. The Labute approximate surface area is 140 Å². The van der Waals surface area contributed by atoms with Gasteiger partial charge in [-0.25, -0.2) is 0 Å². The van der Waals surface area contributed by atoms with E-state index in [-0.39, 0.29) is 23.0 Å². The Morgan fingerprint density at radius 3 is 2.57 bits per heavy atom. The van der Waals surface area contributed by atoms with Crippen molar-refractivity contribution in [1.29, 1.82) is 0 Å². The highest BCUT2D eigenvalue weighted by Gasteiger charge is 2.12. The Hall–Kier alpha value is -2.46. The van der Waals surface area contributed by atoms with Gasteiger partial charge in [0.25, 0.3) is 5.69 Å². The monoisotopic (exact) mass is 328 g/mol. The van der Waals surface area contributed by atoms with Crippen LogP contribution in [0.3, 0.4) is 0 Å². The fraction of sp³-hybridized carbons (Fsp3) is 0.167. The minimum atomic E-state index is -0.370. The Morgan fingerprint density at radius 1 is 1.09 bits per heavy atom. The number of hydrogen-bond donors (Lipinski definition) is 0. The van der Waals surface area contributed by atoms with E-state index in [0.717, 1.165) is 22.0 Å². The topological polar surface area (TPSA) is 56.0 Å². The maximum absolute atomic E-state index is 11.0. The van der Waals surface area contributed by atoms with E-state index < -0.39 is 0 Å². The molecule has 1 aromatic heterocycles. The van der Waals surface area contributed by atoms with Gasteiger partial charge in [-0.15, -0.1) is 12.4 Å². The molecule has 23 heavy (non-hydrogen) atoms. The molecule has 0 radical (unpaired) electrons. The molecule has 0 saturated heterocycles. The number of rotatable bonds is 3. The van der Waals surface area contributed by atoms with E-state index in [2.05, 4.69) is 31.0 Å². The van der Waals surface area contributed by atoms with Crippen LogP contribution in [0.15, 0.2) is 54.7 Å². The van der Waals surface area contributed by atoms with Crippen molar-refractivity contribution in [2.75, 3.05) is 0 Å². The van der Waals surface area contributed by atoms with Gasteiger partial charge in [-0.1, -0.05) is 32.0 Å². The van der Waals surface area contributed by atoms with Crippen LogP contribution in [-0.2, 0) is 0 Å². The summed E-state index contributed by atoms with van der Waals surface area (Å²) in [6.45, 7) is 4.27. The average molecular weight is 329 g/mol. The molecule has 0 amide bonds. The normalized spacial score (nSPS) is 10.6. The summed E-state index contributed by atoms with van der Waals surface area (Å²) in [6, 6.07) is 14.9. The van der Waals surface area contributed by atoms with Crippen LogP contribution in [-0.4, -0.2) is 9.91 Å². The van der Waals surface area contributed by atoms with Crippen molar-refractivity contribution in [1.82, 2.24) is 4.98 Å². The molecule has 0 unspecified atom stereocenters. The molecule has 5 heteroatoms. The largest absolute Gasteiger partial charge is 0.270 e. The van der Waals surface area contributed by atoms with Crippen LogP contribution >= 0.6 is 12.4 Å². The minimum Gasteiger partial charge on any atom is -0.258 e. The number of nitro groups is 1. The van der Waals surface area contributed by atoms with Gasteiger partial charge in [0.1, 0.15) is 0 Å². The van der Waals surface area contributed by atoms with Crippen LogP contribution in [0.1, 0.15) is 25.3 Å². The van der Waals surface area contributed by atoms with Gasteiger partial charge in [0.05, 0.1) is 10.4 Å². The molecule has 0 aliphatic rings. The van der Waals surface area contributed by atoms with Crippen molar-refractivity contribution in [3.05, 3.63) is 70.4 Å². The highest BCUT2D eigenvalue weighted by Crippen LogP contribution is 2.32. The van der Waals surface area contributed by atoms with Crippen LogP contribution in [0.25, 0.3) is 22.0 Å². The fourth-order valence-electron chi connectivity index (χ4n) is 2.56. The molecular formula is C18H17ClN2O2. The first kappa shape index (κ1) is 16.9. The SMILES string of the molecule is CC(C)c1cc(-c2cccc([N+](=O)[O-])c2)c2ncccc2c1.Cl. The maximum atomic E-state index is 11.0. The third-order valence-corrected chi connectivity index (χ3v) is 3.76. The Balaban J connectivity index is 0.00000192. The van der Waals surface area contributed by atoms with E-state index in [9.17, 15) is 10.1 Å². The van der Waals surface area contributed by atoms with Crippen LogP contribution in [0.2, 0.25) is 0 Å². The van der Waals surface area contributed by atoms with Gasteiger partial charge in [-0.2, -0.15) is 0 Å². The summed E-state index contributed by atoms with van der Waals surface area (Å²) in [6.07, 6.45) is 1.75. The van der Waals surface area contributed by atoms with Crippen LogP contribution in [0.5, 0.6) is 0 Å². The quantitative estimate of drug-likeness (QED) is 0.480. The number of pyridine rings is 1. The number of nitro benzene ring substituents is 1. The zero-order chi connectivity index (χ0) is 15.7.